The van der Waals surface area contributed by atoms with Crippen LogP contribution in [-0.2, 0) is 6.42 Å². The molecule has 0 saturated heterocycles. The van der Waals surface area contributed by atoms with Gasteiger partial charge in [0.2, 0.25) is 0 Å². The Balaban J connectivity index is 2.61. The van der Waals surface area contributed by atoms with Crippen molar-refractivity contribution in [3.8, 4) is 17.6 Å². The van der Waals surface area contributed by atoms with E-state index in [1.807, 2.05) is 12.1 Å². The van der Waals surface area contributed by atoms with Crippen molar-refractivity contribution in [1.29, 1.82) is 0 Å². The number of rotatable bonds is 6. The summed E-state index contributed by atoms with van der Waals surface area (Å²) in [5, 5.41) is 0. The van der Waals surface area contributed by atoms with Crippen LogP contribution in [0.15, 0.2) is 22.7 Å². The molecule has 0 bridgehead atoms. The molecule has 0 aliphatic carbocycles. The van der Waals surface area contributed by atoms with E-state index in [-0.39, 0.29) is 0 Å². The first kappa shape index (κ1) is 15.1. The molecule has 0 radical (unpaired) electrons. The van der Waals surface area contributed by atoms with Crippen LogP contribution in [0.4, 0.5) is 0 Å². The Kier molecular flexibility index (Phi) is 7.60. The fraction of sp³-hybridized carbons (Fsp3) is 0.500. The molecule has 0 N–H and O–H groups in total. The molecule has 1 aromatic rings. The third-order valence-electron chi connectivity index (χ3n) is 2.50. The Morgan fingerprint density at radius 2 is 1.89 bits per heavy atom. The Labute approximate surface area is 119 Å². The van der Waals surface area contributed by atoms with E-state index in [1.165, 1.54) is 5.56 Å². The summed E-state index contributed by atoms with van der Waals surface area (Å²) in [4.78, 5) is 0. The highest BCUT2D eigenvalue weighted by molar-refractivity contribution is 9.10. The molecule has 1 aromatic carbocycles. The molecule has 1 rings (SSSR count). The molecular formula is C16H21BrO. The van der Waals surface area contributed by atoms with E-state index in [4.69, 9.17) is 4.74 Å². The average Bonchev–Trinajstić information content (AvgIpc) is 2.37. The molecule has 0 atom stereocenters. The van der Waals surface area contributed by atoms with Crippen molar-refractivity contribution in [3.05, 3.63) is 28.2 Å². The number of benzene rings is 1. The molecule has 0 fully saturated rings. The Morgan fingerprint density at radius 1 is 1.11 bits per heavy atom. The quantitative estimate of drug-likeness (QED) is 0.674. The van der Waals surface area contributed by atoms with Gasteiger partial charge in [-0.3, -0.25) is 0 Å². The molecule has 0 heterocycles. The molecule has 0 aliphatic rings. The normalized spacial score (nSPS) is 9.72. The molecule has 2 heteroatoms. The Bertz CT molecular complexity index is 415. The van der Waals surface area contributed by atoms with Crippen LogP contribution in [0, 0.1) is 11.8 Å². The second-order valence-electron chi connectivity index (χ2n) is 4.20. The van der Waals surface area contributed by atoms with Crippen molar-refractivity contribution in [1.82, 2.24) is 0 Å². The van der Waals surface area contributed by atoms with E-state index in [0.717, 1.165) is 48.9 Å². The summed E-state index contributed by atoms with van der Waals surface area (Å²) in [6.45, 7) is 5.05. The molecular weight excluding hydrogens is 288 g/mol. The van der Waals surface area contributed by atoms with Gasteiger partial charge in [-0.25, -0.2) is 0 Å². The van der Waals surface area contributed by atoms with Crippen molar-refractivity contribution < 1.29 is 4.74 Å². The first-order chi connectivity index (χ1) is 8.77. The third-order valence-corrected chi connectivity index (χ3v) is 3.00. The van der Waals surface area contributed by atoms with E-state index in [0.29, 0.717) is 0 Å². The summed E-state index contributed by atoms with van der Waals surface area (Å²) >= 11 is 3.51. The summed E-state index contributed by atoms with van der Waals surface area (Å²) in [6, 6.07) is 6.19. The predicted octanol–water partition coefficient (Wildman–Crippen LogP) is 4.97. The zero-order valence-corrected chi connectivity index (χ0v) is 12.8. The van der Waals surface area contributed by atoms with Gasteiger partial charge in [0.1, 0.15) is 5.75 Å². The van der Waals surface area contributed by atoms with Crippen molar-refractivity contribution >= 4 is 15.9 Å². The van der Waals surface area contributed by atoms with Crippen LogP contribution in [0.2, 0.25) is 0 Å². The number of hydrogen-bond donors (Lipinski definition) is 0. The van der Waals surface area contributed by atoms with Gasteiger partial charge in [0, 0.05) is 17.3 Å². The van der Waals surface area contributed by atoms with Gasteiger partial charge in [0.25, 0.3) is 0 Å². The van der Waals surface area contributed by atoms with E-state index >= 15 is 0 Å². The smallest absolute Gasteiger partial charge is 0.122 e. The minimum absolute atomic E-state index is 0.774. The van der Waals surface area contributed by atoms with Crippen molar-refractivity contribution in [3.63, 3.8) is 0 Å². The van der Waals surface area contributed by atoms with Gasteiger partial charge >= 0.3 is 0 Å². The largest absolute Gasteiger partial charge is 0.493 e. The summed E-state index contributed by atoms with van der Waals surface area (Å²) < 4.78 is 6.85. The summed E-state index contributed by atoms with van der Waals surface area (Å²) in [5.41, 5.74) is 1.24. The monoisotopic (exact) mass is 308 g/mol. The molecule has 18 heavy (non-hydrogen) atoms. The van der Waals surface area contributed by atoms with Crippen LogP contribution >= 0.6 is 15.9 Å². The minimum Gasteiger partial charge on any atom is -0.493 e. The zero-order chi connectivity index (χ0) is 13.2. The van der Waals surface area contributed by atoms with Gasteiger partial charge < -0.3 is 4.74 Å². The molecule has 0 saturated carbocycles. The maximum Gasteiger partial charge on any atom is 0.122 e. The Hall–Kier alpha value is -0.940. The number of hydrogen-bond acceptors (Lipinski definition) is 1. The predicted molar refractivity (Wildman–Crippen MR) is 80.9 cm³/mol. The first-order valence-corrected chi connectivity index (χ1v) is 7.44. The molecule has 0 aliphatic heterocycles. The number of aryl methyl sites for hydroxylation is 1. The summed E-state index contributed by atoms with van der Waals surface area (Å²) in [5.74, 6) is 7.39. The summed E-state index contributed by atoms with van der Waals surface area (Å²) in [6.07, 6.45) is 5.02. The van der Waals surface area contributed by atoms with Crippen LogP contribution in [0.25, 0.3) is 0 Å². The van der Waals surface area contributed by atoms with Gasteiger partial charge in [0.05, 0.1) is 6.61 Å². The third kappa shape index (κ3) is 5.60. The fourth-order valence-electron chi connectivity index (χ4n) is 1.60. The molecule has 0 unspecified atom stereocenters. The molecule has 98 valence electrons. The molecule has 1 nitrogen and oxygen atoms in total. The van der Waals surface area contributed by atoms with Gasteiger partial charge in [-0.05, 0) is 43.0 Å². The highest BCUT2D eigenvalue weighted by atomic mass is 79.9. The lowest BCUT2D eigenvalue weighted by Gasteiger charge is -2.10. The highest BCUT2D eigenvalue weighted by Crippen LogP contribution is 2.24. The van der Waals surface area contributed by atoms with Crippen molar-refractivity contribution in [2.75, 3.05) is 6.61 Å². The van der Waals surface area contributed by atoms with E-state index in [9.17, 15) is 0 Å². The van der Waals surface area contributed by atoms with Crippen molar-refractivity contribution in [2.45, 2.75) is 46.0 Å². The zero-order valence-electron chi connectivity index (χ0n) is 11.3. The van der Waals surface area contributed by atoms with Gasteiger partial charge in [-0.1, -0.05) is 29.8 Å². The maximum atomic E-state index is 5.75. The van der Waals surface area contributed by atoms with Gasteiger partial charge in [0.15, 0.2) is 0 Å². The fourth-order valence-corrected chi connectivity index (χ4v) is 2.00. The number of ether oxygens (including phenoxy) is 1. The second-order valence-corrected chi connectivity index (χ2v) is 5.12. The molecule has 0 spiro atoms. The van der Waals surface area contributed by atoms with Crippen LogP contribution in [-0.4, -0.2) is 6.61 Å². The van der Waals surface area contributed by atoms with E-state index in [2.05, 4.69) is 47.7 Å². The lowest BCUT2D eigenvalue weighted by atomic mass is 10.1. The van der Waals surface area contributed by atoms with Crippen molar-refractivity contribution in [2.24, 2.45) is 0 Å². The summed E-state index contributed by atoms with van der Waals surface area (Å²) in [7, 11) is 0. The van der Waals surface area contributed by atoms with Gasteiger partial charge in [-0.15, -0.1) is 11.8 Å². The average molecular weight is 309 g/mol. The van der Waals surface area contributed by atoms with E-state index in [1.54, 1.807) is 0 Å². The van der Waals surface area contributed by atoms with Crippen LogP contribution in [0.3, 0.4) is 0 Å². The van der Waals surface area contributed by atoms with Crippen LogP contribution in [0.1, 0.15) is 45.1 Å². The van der Waals surface area contributed by atoms with Gasteiger partial charge in [-0.2, -0.15) is 0 Å². The van der Waals surface area contributed by atoms with E-state index < -0.39 is 0 Å². The topological polar surface area (TPSA) is 9.23 Å². The maximum absolute atomic E-state index is 5.75. The lowest BCUT2D eigenvalue weighted by molar-refractivity contribution is 0.314. The number of unbranched alkanes of at least 4 members (excludes halogenated alkanes) is 1. The number of halogens is 1. The first-order valence-electron chi connectivity index (χ1n) is 6.64. The molecule has 0 amide bonds. The Morgan fingerprint density at radius 3 is 2.61 bits per heavy atom. The SMILES string of the molecule is CCCC#CCCc1cc(Br)ccc1OCCC. The molecule has 0 aromatic heterocycles. The minimum atomic E-state index is 0.774. The van der Waals surface area contributed by atoms with Crippen LogP contribution < -0.4 is 4.74 Å². The standard InChI is InChI=1S/C16H21BrO/c1-3-5-6-7-8-9-14-13-15(17)10-11-16(14)18-12-4-2/h10-11,13H,3-5,8-9,12H2,1-2H3. The highest BCUT2D eigenvalue weighted by Gasteiger charge is 2.03. The van der Waals surface area contributed by atoms with Crippen LogP contribution in [0.5, 0.6) is 5.75 Å². The lowest BCUT2D eigenvalue weighted by Crippen LogP contribution is -1.99. The second kappa shape index (κ2) is 9.05.